The van der Waals surface area contributed by atoms with E-state index in [4.69, 9.17) is 23.2 Å². The van der Waals surface area contributed by atoms with Crippen molar-refractivity contribution in [3.05, 3.63) is 59.4 Å². The molecule has 0 unspecified atom stereocenters. The summed E-state index contributed by atoms with van der Waals surface area (Å²) in [4.78, 5) is 6.54. The van der Waals surface area contributed by atoms with E-state index in [1.807, 2.05) is 6.07 Å². The molecule has 2 aromatic carbocycles. The monoisotopic (exact) mass is 352 g/mol. The third-order valence-corrected chi connectivity index (χ3v) is 3.80. The summed E-state index contributed by atoms with van der Waals surface area (Å²) < 4.78 is 12.9. The fraction of sp³-hybridized carbons (Fsp3) is 0.278. The Kier molecular flexibility index (Phi) is 6.87. The van der Waals surface area contributed by atoms with Crippen LogP contribution in [0.1, 0.15) is 11.1 Å². The number of anilines is 1. The first-order chi connectivity index (χ1) is 11.1. The summed E-state index contributed by atoms with van der Waals surface area (Å²) in [6, 6.07) is 12.2. The highest BCUT2D eigenvalue weighted by molar-refractivity contribution is 6.18. The molecular weight excluding hydrogens is 334 g/mol. The largest absolute Gasteiger partial charge is 0.369 e. The van der Waals surface area contributed by atoms with Gasteiger partial charge in [-0.3, -0.25) is 4.99 Å². The summed E-state index contributed by atoms with van der Waals surface area (Å²) in [5.74, 6) is 0.858. The Hall–Kier alpha value is -1.58. The second-order valence-electron chi connectivity index (χ2n) is 5.15. The van der Waals surface area contributed by atoms with E-state index in [9.17, 15) is 4.39 Å². The number of aliphatic imine (C=N–C) groups is 1. The van der Waals surface area contributed by atoms with Crippen molar-refractivity contribution in [3.8, 4) is 0 Å². The van der Waals surface area contributed by atoms with Crippen molar-refractivity contribution in [3.63, 3.8) is 0 Å². The zero-order valence-electron chi connectivity index (χ0n) is 13.0. The molecule has 2 nitrogen and oxygen atoms in total. The van der Waals surface area contributed by atoms with Crippen molar-refractivity contribution < 1.29 is 4.39 Å². The van der Waals surface area contributed by atoms with Crippen LogP contribution in [0.5, 0.6) is 0 Å². The van der Waals surface area contributed by atoms with Crippen LogP contribution in [0.4, 0.5) is 15.8 Å². The Morgan fingerprint density at radius 2 is 1.70 bits per heavy atom. The van der Waals surface area contributed by atoms with E-state index in [1.165, 1.54) is 12.1 Å². The highest BCUT2D eigenvalue weighted by Gasteiger charge is 2.08. The molecule has 2 aromatic rings. The van der Waals surface area contributed by atoms with Gasteiger partial charge in [0, 0.05) is 36.8 Å². The van der Waals surface area contributed by atoms with Crippen molar-refractivity contribution in [1.29, 1.82) is 0 Å². The van der Waals surface area contributed by atoms with Gasteiger partial charge >= 0.3 is 0 Å². The zero-order chi connectivity index (χ0) is 16.7. The van der Waals surface area contributed by atoms with Crippen molar-refractivity contribution in [2.24, 2.45) is 4.99 Å². The number of benzene rings is 2. The molecule has 0 saturated carbocycles. The molecule has 2 rings (SSSR count). The quantitative estimate of drug-likeness (QED) is 0.495. The third kappa shape index (κ3) is 5.22. The van der Waals surface area contributed by atoms with Gasteiger partial charge in [-0.15, -0.1) is 23.2 Å². The number of aryl methyl sites for hydroxylation is 1. The maximum atomic E-state index is 12.9. The van der Waals surface area contributed by atoms with Crippen molar-refractivity contribution in [1.82, 2.24) is 0 Å². The topological polar surface area (TPSA) is 15.6 Å². The Labute approximate surface area is 146 Å². The Balaban J connectivity index is 2.16. The van der Waals surface area contributed by atoms with Gasteiger partial charge in [-0.1, -0.05) is 6.07 Å². The maximum absolute atomic E-state index is 12.9. The number of hydrogen-bond acceptors (Lipinski definition) is 2. The minimum atomic E-state index is -0.261. The molecule has 0 saturated heterocycles. The number of rotatable bonds is 7. The molecular formula is C18H19Cl2FN2. The summed E-state index contributed by atoms with van der Waals surface area (Å²) >= 11 is 11.7. The van der Waals surface area contributed by atoms with Gasteiger partial charge in [-0.25, -0.2) is 4.39 Å². The van der Waals surface area contributed by atoms with Crippen molar-refractivity contribution >= 4 is 40.8 Å². The van der Waals surface area contributed by atoms with Gasteiger partial charge in [0.25, 0.3) is 0 Å². The number of hydrogen-bond donors (Lipinski definition) is 0. The highest BCUT2D eigenvalue weighted by atomic mass is 35.5. The highest BCUT2D eigenvalue weighted by Crippen LogP contribution is 2.21. The summed E-state index contributed by atoms with van der Waals surface area (Å²) in [5.41, 5.74) is 3.99. The summed E-state index contributed by atoms with van der Waals surface area (Å²) in [6.07, 6.45) is 1.78. The van der Waals surface area contributed by atoms with Crippen molar-refractivity contribution in [2.45, 2.75) is 6.92 Å². The number of halogens is 3. The average Bonchev–Trinajstić information content (AvgIpc) is 2.54. The molecule has 0 atom stereocenters. The van der Waals surface area contributed by atoms with Gasteiger partial charge < -0.3 is 4.90 Å². The van der Waals surface area contributed by atoms with Crippen LogP contribution in [0.2, 0.25) is 0 Å². The van der Waals surface area contributed by atoms with E-state index in [0.29, 0.717) is 11.8 Å². The lowest BCUT2D eigenvalue weighted by atomic mass is 10.1. The van der Waals surface area contributed by atoms with Gasteiger partial charge in [0.05, 0.1) is 5.69 Å². The zero-order valence-corrected chi connectivity index (χ0v) is 14.5. The predicted octanol–water partition coefficient (Wildman–Crippen LogP) is 5.17. The molecule has 0 N–H and O–H groups in total. The second-order valence-corrected chi connectivity index (χ2v) is 5.90. The Morgan fingerprint density at radius 1 is 1.04 bits per heavy atom. The molecule has 5 heteroatoms. The van der Waals surface area contributed by atoms with Crippen LogP contribution in [0.3, 0.4) is 0 Å². The normalized spacial score (nSPS) is 11.1. The first-order valence-corrected chi connectivity index (χ1v) is 8.48. The second kappa shape index (κ2) is 8.90. The van der Waals surface area contributed by atoms with Crippen molar-refractivity contribution in [2.75, 3.05) is 29.7 Å². The van der Waals surface area contributed by atoms with Crippen LogP contribution < -0.4 is 4.90 Å². The molecule has 0 aromatic heterocycles. The smallest absolute Gasteiger partial charge is 0.123 e. The minimum Gasteiger partial charge on any atom is -0.369 e. The SMILES string of the molecule is Cc1cc(C=Nc2ccc(F)cc2)ccc1N(CCCl)CCCl. The van der Waals surface area contributed by atoms with Crippen LogP contribution >= 0.6 is 23.2 Å². The molecule has 0 aliphatic rings. The van der Waals surface area contributed by atoms with E-state index in [2.05, 4.69) is 28.9 Å². The van der Waals surface area contributed by atoms with Gasteiger partial charge in [-0.05, 0) is 54.4 Å². The van der Waals surface area contributed by atoms with E-state index in [-0.39, 0.29) is 5.82 Å². The Bertz CT molecular complexity index is 651. The maximum Gasteiger partial charge on any atom is 0.123 e. The van der Waals surface area contributed by atoms with E-state index >= 15 is 0 Å². The van der Waals surface area contributed by atoms with E-state index < -0.39 is 0 Å². The third-order valence-electron chi connectivity index (χ3n) is 3.46. The minimum absolute atomic E-state index is 0.261. The molecule has 0 spiro atoms. The molecule has 0 fully saturated rings. The number of nitrogens with zero attached hydrogens (tertiary/aromatic N) is 2. The molecule has 0 heterocycles. The van der Waals surface area contributed by atoms with Crippen LogP contribution in [0.25, 0.3) is 0 Å². The Morgan fingerprint density at radius 3 is 2.26 bits per heavy atom. The van der Waals surface area contributed by atoms with Crippen LogP contribution in [-0.2, 0) is 0 Å². The lowest BCUT2D eigenvalue weighted by Gasteiger charge is -2.25. The first kappa shape index (κ1) is 17.8. The molecule has 0 amide bonds. The fourth-order valence-corrected chi connectivity index (χ4v) is 2.75. The predicted molar refractivity (Wildman–Crippen MR) is 98.5 cm³/mol. The molecule has 122 valence electrons. The average molecular weight is 353 g/mol. The number of alkyl halides is 2. The summed E-state index contributed by atoms with van der Waals surface area (Å²) in [6.45, 7) is 3.58. The molecule has 0 aliphatic heterocycles. The van der Waals surface area contributed by atoms with Crippen LogP contribution in [0, 0.1) is 12.7 Å². The van der Waals surface area contributed by atoms with Gasteiger partial charge in [0.15, 0.2) is 0 Å². The van der Waals surface area contributed by atoms with E-state index in [0.717, 1.165) is 35.6 Å². The van der Waals surface area contributed by atoms with Crippen LogP contribution in [-0.4, -0.2) is 31.1 Å². The van der Waals surface area contributed by atoms with Gasteiger partial charge in [-0.2, -0.15) is 0 Å². The lowest BCUT2D eigenvalue weighted by molar-refractivity contribution is 0.628. The lowest BCUT2D eigenvalue weighted by Crippen LogP contribution is -2.28. The molecule has 0 radical (unpaired) electrons. The summed E-state index contributed by atoms with van der Waals surface area (Å²) in [5, 5.41) is 0. The molecule has 0 aliphatic carbocycles. The van der Waals surface area contributed by atoms with Crippen LogP contribution in [0.15, 0.2) is 47.5 Å². The van der Waals surface area contributed by atoms with E-state index in [1.54, 1.807) is 18.3 Å². The van der Waals surface area contributed by atoms with Gasteiger partial charge in [0.2, 0.25) is 0 Å². The van der Waals surface area contributed by atoms with Gasteiger partial charge in [0.1, 0.15) is 5.82 Å². The summed E-state index contributed by atoms with van der Waals surface area (Å²) in [7, 11) is 0. The molecule has 0 bridgehead atoms. The molecule has 23 heavy (non-hydrogen) atoms. The first-order valence-electron chi connectivity index (χ1n) is 7.41. The standard InChI is InChI=1S/C18H19Cl2FN2/c1-14-12-15(13-22-17-5-3-16(21)4-6-17)2-7-18(14)23(10-8-19)11-9-20/h2-7,12-13H,8-11H2,1H3. The fourth-order valence-electron chi connectivity index (χ4n) is 2.35.